The van der Waals surface area contributed by atoms with E-state index in [4.69, 9.17) is 0 Å². The van der Waals surface area contributed by atoms with Crippen LogP contribution in [0.1, 0.15) is 25.2 Å². The molecule has 0 atom stereocenters. The van der Waals surface area contributed by atoms with Crippen LogP contribution < -0.4 is 0 Å². The van der Waals surface area contributed by atoms with Gasteiger partial charge in [-0.2, -0.15) is 0 Å². The number of hydrogen-bond acceptors (Lipinski definition) is 1. The molecule has 0 unspecified atom stereocenters. The second-order valence-electron chi connectivity index (χ2n) is 2.03. The van der Waals surface area contributed by atoms with Crippen molar-refractivity contribution < 1.29 is 0 Å². The SMILES string of the molecule is CC.Cc1ncn(C)c1C. The van der Waals surface area contributed by atoms with Crippen molar-refractivity contribution in [1.82, 2.24) is 9.55 Å². The van der Waals surface area contributed by atoms with E-state index < -0.39 is 0 Å². The highest BCUT2D eigenvalue weighted by molar-refractivity contribution is 5.07. The Morgan fingerprint density at radius 2 is 1.80 bits per heavy atom. The molecule has 0 aliphatic heterocycles. The van der Waals surface area contributed by atoms with Crippen LogP contribution in [0.5, 0.6) is 0 Å². The zero-order valence-corrected chi connectivity index (χ0v) is 7.47. The van der Waals surface area contributed by atoms with E-state index in [1.165, 1.54) is 5.69 Å². The third kappa shape index (κ3) is 1.87. The van der Waals surface area contributed by atoms with E-state index in [1.807, 2.05) is 38.7 Å². The molecule has 1 aromatic heterocycles. The number of hydrogen-bond donors (Lipinski definition) is 0. The van der Waals surface area contributed by atoms with E-state index in [0.29, 0.717) is 0 Å². The molecule has 0 N–H and O–H groups in total. The number of imidazole rings is 1. The van der Waals surface area contributed by atoms with Gasteiger partial charge in [0, 0.05) is 12.7 Å². The fraction of sp³-hybridized carbons (Fsp3) is 0.625. The number of nitrogens with zero attached hydrogens (tertiary/aromatic N) is 2. The molecule has 0 saturated carbocycles. The lowest BCUT2D eigenvalue weighted by molar-refractivity contribution is 0.871. The van der Waals surface area contributed by atoms with Crippen molar-refractivity contribution in [3.8, 4) is 0 Å². The molecule has 0 radical (unpaired) electrons. The normalized spacial score (nSPS) is 8.50. The summed E-state index contributed by atoms with van der Waals surface area (Å²) in [6.07, 6.45) is 1.82. The maximum absolute atomic E-state index is 4.08. The summed E-state index contributed by atoms with van der Waals surface area (Å²) in [5, 5.41) is 0. The van der Waals surface area contributed by atoms with Crippen molar-refractivity contribution in [2.75, 3.05) is 0 Å². The maximum atomic E-state index is 4.08. The largest absolute Gasteiger partial charge is 0.338 e. The topological polar surface area (TPSA) is 17.8 Å². The van der Waals surface area contributed by atoms with Gasteiger partial charge in [-0.25, -0.2) is 4.98 Å². The molecule has 1 rings (SSSR count). The summed E-state index contributed by atoms with van der Waals surface area (Å²) >= 11 is 0. The van der Waals surface area contributed by atoms with Gasteiger partial charge in [-0.3, -0.25) is 0 Å². The third-order valence-corrected chi connectivity index (χ3v) is 1.48. The molecule has 2 nitrogen and oxygen atoms in total. The number of rotatable bonds is 0. The Bertz CT molecular complexity index is 170. The van der Waals surface area contributed by atoms with Crippen LogP contribution in [0.15, 0.2) is 6.33 Å². The van der Waals surface area contributed by atoms with Gasteiger partial charge >= 0.3 is 0 Å². The molecular formula is C8H16N2. The van der Waals surface area contributed by atoms with Crippen molar-refractivity contribution in [2.45, 2.75) is 27.7 Å². The Morgan fingerprint density at radius 3 is 1.90 bits per heavy atom. The highest BCUT2D eigenvalue weighted by Crippen LogP contribution is 1.99. The molecule has 0 fully saturated rings. The summed E-state index contributed by atoms with van der Waals surface area (Å²) < 4.78 is 2.01. The minimum absolute atomic E-state index is 1.12. The lowest BCUT2D eigenvalue weighted by Crippen LogP contribution is -1.87. The minimum Gasteiger partial charge on any atom is -0.338 e. The van der Waals surface area contributed by atoms with Crippen molar-refractivity contribution in [2.24, 2.45) is 7.05 Å². The minimum atomic E-state index is 1.12. The molecule has 1 heterocycles. The summed E-state index contributed by atoms with van der Waals surface area (Å²) in [5.41, 5.74) is 2.36. The number of aromatic nitrogens is 2. The molecule has 0 aliphatic carbocycles. The van der Waals surface area contributed by atoms with Crippen LogP contribution >= 0.6 is 0 Å². The first-order chi connectivity index (χ1) is 4.72. The summed E-state index contributed by atoms with van der Waals surface area (Å²) in [5.74, 6) is 0. The van der Waals surface area contributed by atoms with Crippen LogP contribution in [0.25, 0.3) is 0 Å². The Kier molecular flexibility index (Phi) is 3.77. The van der Waals surface area contributed by atoms with Crippen LogP contribution in [-0.4, -0.2) is 9.55 Å². The van der Waals surface area contributed by atoms with Crippen molar-refractivity contribution in [1.29, 1.82) is 0 Å². The first kappa shape index (κ1) is 9.21. The molecule has 0 spiro atoms. The predicted octanol–water partition coefficient (Wildman–Crippen LogP) is 2.06. The quantitative estimate of drug-likeness (QED) is 0.539. The molecular weight excluding hydrogens is 124 g/mol. The molecule has 0 saturated heterocycles. The second-order valence-corrected chi connectivity index (χ2v) is 2.03. The van der Waals surface area contributed by atoms with Crippen LogP contribution in [0.4, 0.5) is 0 Å². The first-order valence-electron chi connectivity index (χ1n) is 3.66. The monoisotopic (exact) mass is 140 g/mol. The molecule has 58 valence electrons. The zero-order chi connectivity index (χ0) is 8.15. The Balaban J connectivity index is 0.000000371. The van der Waals surface area contributed by atoms with Crippen LogP contribution in [0.2, 0.25) is 0 Å². The van der Waals surface area contributed by atoms with E-state index in [2.05, 4.69) is 11.9 Å². The first-order valence-corrected chi connectivity index (χ1v) is 3.66. The van der Waals surface area contributed by atoms with Gasteiger partial charge in [0.05, 0.1) is 12.0 Å². The summed E-state index contributed by atoms with van der Waals surface area (Å²) in [6.45, 7) is 8.07. The standard InChI is InChI=1S/C6H10N2.C2H6/c1-5-6(2)8(3)4-7-5;1-2/h4H,1-3H3;1-2H3. The lowest BCUT2D eigenvalue weighted by atomic mass is 10.4. The fourth-order valence-electron chi connectivity index (χ4n) is 0.608. The van der Waals surface area contributed by atoms with E-state index >= 15 is 0 Å². The van der Waals surface area contributed by atoms with Gasteiger partial charge in [0.1, 0.15) is 0 Å². The smallest absolute Gasteiger partial charge is 0.0948 e. The molecule has 1 aromatic rings. The Morgan fingerprint density at radius 1 is 1.30 bits per heavy atom. The number of aryl methyl sites for hydroxylation is 2. The molecule has 0 aromatic carbocycles. The van der Waals surface area contributed by atoms with Gasteiger partial charge in [-0.1, -0.05) is 13.8 Å². The van der Waals surface area contributed by atoms with Crippen LogP contribution in [0, 0.1) is 13.8 Å². The van der Waals surface area contributed by atoms with Crippen molar-refractivity contribution in [3.63, 3.8) is 0 Å². The van der Waals surface area contributed by atoms with Crippen molar-refractivity contribution in [3.05, 3.63) is 17.7 Å². The molecule has 0 aliphatic rings. The molecule has 0 bridgehead atoms. The summed E-state index contributed by atoms with van der Waals surface area (Å²) in [6, 6.07) is 0. The summed E-state index contributed by atoms with van der Waals surface area (Å²) in [7, 11) is 2.00. The van der Waals surface area contributed by atoms with E-state index in [0.717, 1.165) is 5.69 Å². The maximum Gasteiger partial charge on any atom is 0.0948 e. The van der Waals surface area contributed by atoms with Gasteiger partial charge in [0.25, 0.3) is 0 Å². The van der Waals surface area contributed by atoms with E-state index in [-0.39, 0.29) is 0 Å². The van der Waals surface area contributed by atoms with Crippen LogP contribution in [0.3, 0.4) is 0 Å². The lowest BCUT2D eigenvalue weighted by Gasteiger charge is -1.90. The van der Waals surface area contributed by atoms with Gasteiger partial charge in [-0.15, -0.1) is 0 Å². The Labute approximate surface area is 62.9 Å². The predicted molar refractivity (Wildman–Crippen MR) is 44.0 cm³/mol. The van der Waals surface area contributed by atoms with E-state index in [1.54, 1.807) is 0 Å². The summed E-state index contributed by atoms with van der Waals surface area (Å²) in [4.78, 5) is 4.08. The average Bonchev–Trinajstić information content (AvgIpc) is 2.25. The van der Waals surface area contributed by atoms with Gasteiger partial charge < -0.3 is 4.57 Å². The third-order valence-electron chi connectivity index (χ3n) is 1.48. The Hall–Kier alpha value is -0.790. The average molecular weight is 140 g/mol. The molecule has 2 heteroatoms. The fourth-order valence-corrected chi connectivity index (χ4v) is 0.608. The van der Waals surface area contributed by atoms with Gasteiger partial charge in [0.2, 0.25) is 0 Å². The molecule has 0 amide bonds. The van der Waals surface area contributed by atoms with Crippen LogP contribution in [-0.2, 0) is 7.05 Å². The van der Waals surface area contributed by atoms with Crippen molar-refractivity contribution >= 4 is 0 Å². The second kappa shape index (κ2) is 4.09. The van der Waals surface area contributed by atoms with E-state index in [9.17, 15) is 0 Å². The van der Waals surface area contributed by atoms with Gasteiger partial charge in [-0.05, 0) is 13.8 Å². The molecule has 10 heavy (non-hydrogen) atoms. The highest BCUT2D eigenvalue weighted by atomic mass is 15.0. The van der Waals surface area contributed by atoms with Gasteiger partial charge in [0.15, 0.2) is 0 Å². The zero-order valence-electron chi connectivity index (χ0n) is 7.47. The highest BCUT2D eigenvalue weighted by Gasteiger charge is 1.93.